The Morgan fingerprint density at radius 2 is 2.00 bits per heavy atom. The Morgan fingerprint density at radius 3 is 2.63 bits per heavy atom. The summed E-state index contributed by atoms with van der Waals surface area (Å²) in [5, 5.41) is 2.95. The highest BCUT2D eigenvalue weighted by Crippen LogP contribution is 2.26. The highest BCUT2D eigenvalue weighted by Gasteiger charge is 2.21. The molecular weight excluding hydrogens is 255 g/mol. The minimum atomic E-state index is -1.16. The van der Waals surface area contributed by atoms with Crippen LogP contribution in [0, 0.1) is 17.5 Å². The first kappa shape index (κ1) is 14.3. The molecular formula is C14H18F3NO. The number of hydrogen-bond donors (Lipinski definition) is 1. The lowest BCUT2D eigenvalue weighted by Gasteiger charge is -2.19. The monoisotopic (exact) mass is 273 g/mol. The van der Waals surface area contributed by atoms with Crippen molar-refractivity contribution in [1.82, 2.24) is 5.32 Å². The summed E-state index contributed by atoms with van der Waals surface area (Å²) < 4.78 is 45.3. The van der Waals surface area contributed by atoms with Gasteiger partial charge in [-0.15, -0.1) is 0 Å². The smallest absolute Gasteiger partial charge is 0.161 e. The van der Waals surface area contributed by atoms with Crippen LogP contribution >= 0.6 is 0 Å². The molecule has 1 aromatic rings. The van der Waals surface area contributed by atoms with E-state index in [0.717, 1.165) is 31.9 Å². The molecule has 1 aliphatic rings. The molecule has 0 spiro atoms. The van der Waals surface area contributed by atoms with Crippen LogP contribution in [0.2, 0.25) is 0 Å². The van der Waals surface area contributed by atoms with Crippen LogP contribution in [-0.2, 0) is 4.74 Å². The van der Waals surface area contributed by atoms with E-state index in [1.54, 1.807) is 7.05 Å². The number of nitrogens with one attached hydrogen (secondary N) is 1. The third kappa shape index (κ3) is 3.48. The second-order valence-electron chi connectivity index (χ2n) is 4.84. The predicted molar refractivity (Wildman–Crippen MR) is 66.3 cm³/mol. The topological polar surface area (TPSA) is 21.3 Å². The average Bonchev–Trinajstić information content (AvgIpc) is 2.89. The van der Waals surface area contributed by atoms with Crippen molar-refractivity contribution >= 4 is 0 Å². The second kappa shape index (κ2) is 6.39. The second-order valence-corrected chi connectivity index (χ2v) is 4.84. The Hall–Kier alpha value is -1.07. The predicted octanol–water partition coefficient (Wildman–Crippen LogP) is 3.32. The third-order valence-electron chi connectivity index (χ3n) is 3.56. The number of rotatable bonds is 5. The molecule has 1 aromatic carbocycles. The summed E-state index contributed by atoms with van der Waals surface area (Å²) in [5.74, 6) is -2.89. The Morgan fingerprint density at radius 1 is 1.26 bits per heavy atom. The van der Waals surface area contributed by atoms with Crippen LogP contribution in [0.5, 0.6) is 0 Å². The summed E-state index contributed by atoms with van der Waals surface area (Å²) in [5.41, 5.74) is 0.166. The first-order valence-electron chi connectivity index (χ1n) is 6.55. The van der Waals surface area contributed by atoms with Crippen molar-refractivity contribution in [2.45, 2.75) is 37.8 Å². The van der Waals surface area contributed by atoms with Crippen molar-refractivity contribution in [3.05, 3.63) is 35.1 Å². The van der Waals surface area contributed by atoms with Gasteiger partial charge in [0.05, 0.1) is 6.10 Å². The maximum atomic E-state index is 13.7. The molecule has 106 valence electrons. The highest BCUT2D eigenvalue weighted by molar-refractivity contribution is 5.23. The van der Waals surface area contributed by atoms with Crippen molar-refractivity contribution in [3.8, 4) is 0 Å². The van der Waals surface area contributed by atoms with Gasteiger partial charge in [0.15, 0.2) is 11.6 Å². The number of hydrogen-bond acceptors (Lipinski definition) is 2. The van der Waals surface area contributed by atoms with Gasteiger partial charge in [0.2, 0.25) is 0 Å². The Balaban J connectivity index is 2.05. The summed E-state index contributed by atoms with van der Waals surface area (Å²) in [4.78, 5) is 0. The van der Waals surface area contributed by atoms with Crippen LogP contribution in [0.4, 0.5) is 13.2 Å². The van der Waals surface area contributed by atoms with E-state index >= 15 is 0 Å². The molecule has 2 rings (SSSR count). The molecule has 0 amide bonds. The normalized spacial score (nSPS) is 20.7. The molecule has 2 atom stereocenters. The fraction of sp³-hybridized carbons (Fsp3) is 0.571. The molecule has 1 N–H and O–H groups in total. The lowest BCUT2D eigenvalue weighted by Crippen LogP contribution is -2.20. The molecule has 0 aromatic heterocycles. The first-order chi connectivity index (χ1) is 9.11. The maximum Gasteiger partial charge on any atom is 0.161 e. The molecule has 2 nitrogen and oxygen atoms in total. The standard InChI is InChI=1S/C14H18F3NO/c1-18-14(5-4-9-3-2-6-19-9)10-7-12(16)13(17)8-11(10)15/h7-9,14,18H,2-6H2,1H3. The largest absolute Gasteiger partial charge is 0.378 e. The van der Waals surface area contributed by atoms with Gasteiger partial charge in [-0.2, -0.15) is 0 Å². The minimum Gasteiger partial charge on any atom is -0.378 e. The van der Waals surface area contributed by atoms with Gasteiger partial charge in [-0.1, -0.05) is 0 Å². The first-order valence-corrected chi connectivity index (χ1v) is 6.55. The number of halogens is 3. The quantitative estimate of drug-likeness (QED) is 0.831. The van der Waals surface area contributed by atoms with Crippen LogP contribution in [0.3, 0.4) is 0 Å². The van der Waals surface area contributed by atoms with E-state index in [2.05, 4.69) is 5.32 Å². The molecule has 2 unspecified atom stereocenters. The molecule has 1 heterocycles. The molecule has 0 aliphatic carbocycles. The third-order valence-corrected chi connectivity index (χ3v) is 3.56. The molecule has 1 aliphatic heterocycles. The molecule has 0 bridgehead atoms. The summed E-state index contributed by atoms with van der Waals surface area (Å²) in [7, 11) is 1.68. The molecule has 0 saturated carbocycles. The number of ether oxygens (including phenoxy) is 1. The fourth-order valence-electron chi connectivity index (χ4n) is 2.48. The summed E-state index contributed by atoms with van der Waals surface area (Å²) in [6.07, 6.45) is 3.67. The molecule has 19 heavy (non-hydrogen) atoms. The SMILES string of the molecule is CNC(CCC1CCCO1)c1cc(F)c(F)cc1F. The molecule has 0 radical (unpaired) electrons. The highest BCUT2D eigenvalue weighted by atomic mass is 19.2. The van der Waals surface area contributed by atoms with Crippen LogP contribution in [-0.4, -0.2) is 19.8 Å². The van der Waals surface area contributed by atoms with Crippen LogP contribution in [0.25, 0.3) is 0 Å². The van der Waals surface area contributed by atoms with E-state index in [4.69, 9.17) is 4.74 Å². The zero-order valence-electron chi connectivity index (χ0n) is 10.9. The summed E-state index contributed by atoms with van der Waals surface area (Å²) in [6.45, 7) is 0.772. The minimum absolute atomic E-state index is 0.166. The Bertz CT molecular complexity index is 433. The van der Waals surface area contributed by atoms with Gasteiger partial charge in [0, 0.05) is 24.3 Å². The van der Waals surface area contributed by atoms with Crippen LogP contribution in [0.15, 0.2) is 12.1 Å². The Kier molecular flexibility index (Phi) is 4.82. The van der Waals surface area contributed by atoms with E-state index in [9.17, 15) is 13.2 Å². The summed E-state index contributed by atoms with van der Waals surface area (Å²) in [6, 6.07) is 1.20. The van der Waals surface area contributed by atoms with Crippen molar-refractivity contribution in [3.63, 3.8) is 0 Å². The van der Waals surface area contributed by atoms with Crippen LogP contribution in [0.1, 0.15) is 37.3 Å². The van der Waals surface area contributed by atoms with E-state index in [0.29, 0.717) is 12.5 Å². The zero-order valence-corrected chi connectivity index (χ0v) is 10.9. The van der Waals surface area contributed by atoms with E-state index in [-0.39, 0.29) is 17.7 Å². The van der Waals surface area contributed by atoms with E-state index in [1.165, 1.54) is 0 Å². The van der Waals surface area contributed by atoms with Gasteiger partial charge in [-0.05, 0) is 38.8 Å². The Labute approximate surface area is 111 Å². The average molecular weight is 273 g/mol. The van der Waals surface area contributed by atoms with E-state index in [1.807, 2.05) is 0 Å². The lowest BCUT2D eigenvalue weighted by atomic mass is 9.98. The fourth-order valence-corrected chi connectivity index (χ4v) is 2.48. The molecule has 1 saturated heterocycles. The van der Waals surface area contributed by atoms with Gasteiger partial charge in [-0.25, -0.2) is 13.2 Å². The van der Waals surface area contributed by atoms with Gasteiger partial charge >= 0.3 is 0 Å². The van der Waals surface area contributed by atoms with Gasteiger partial charge in [0.25, 0.3) is 0 Å². The van der Waals surface area contributed by atoms with Crippen LogP contribution < -0.4 is 5.32 Å². The lowest BCUT2D eigenvalue weighted by molar-refractivity contribution is 0.0997. The maximum absolute atomic E-state index is 13.7. The summed E-state index contributed by atoms with van der Waals surface area (Å²) >= 11 is 0. The van der Waals surface area contributed by atoms with Crippen molar-refractivity contribution in [2.75, 3.05) is 13.7 Å². The van der Waals surface area contributed by atoms with Crippen molar-refractivity contribution in [2.24, 2.45) is 0 Å². The molecule has 1 fully saturated rings. The van der Waals surface area contributed by atoms with Crippen molar-refractivity contribution in [1.29, 1.82) is 0 Å². The van der Waals surface area contributed by atoms with Crippen molar-refractivity contribution < 1.29 is 17.9 Å². The van der Waals surface area contributed by atoms with Gasteiger partial charge in [0.1, 0.15) is 5.82 Å². The van der Waals surface area contributed by atoms with Gasteiger partial charge in [-0.3, -0.25) is 0 Å². The molecule has 5 heteroatoms. The number of benzene rings is 1. The van der Waals surface area contributed by atoms with Gasteiger partial charge < -0.3 is 10.1 Å². The van der Waals surface area contributed by atoms with E-state index < -0.39 is 17.5 Å². The zero-order chi connectivity index (χ0) is 13.8.